The highest BCUT2D eigenvalue weighted by Crippen LogP contribution is 2.31. The van der Waals surface area contributed by atoms with Crippen LogP contribution in [0.1, 0.15) is 11.1 Å². The van der Waals surface area contributed by atoms with Gasteiger partial charge in [0.15, 0.2) is 5.11 Å². The second-order valence-electron chi connectivity index (χ2n) is 6.75. The Morgan fingerprint density at radius 2 is 1.77 bits per heavy atom. The Morgan fingerprint density at radius 3 is 2.48 bits per heavy atom. The number of hydrogen-bond donors (Lipinski definition) is 1. The van der Waals surface area contributed by atoms with Crippen molar-refractivity contribution in [2.45, 2.75) is 16.8 Å². The summed E-state index contributed by atoms with van der Waals surface area (Å²) in [6.07, 6.45) is 3.22. The molecule has 2 aromatic carbocycles. The number of amides is 2. The second kappa shape index (κ2) is 9.01. The topological polar surface area (TPSA) is 62.3 Å². The van der Waals surface area contributed by atoms with E-state index < -0.39 is 11.8 Å². The maximum atomic E-state index is 13.2. The van der Waals surface area contributed by atoms with Crippen molar-refractivity contribution in [2.24, 2.45) is 0 Å². The molecule has 1 saturated heterocycles. The second-order valence-corrected chi connectivity index (χ2v) is 8.63. The molecule has 1 N–H and O–H groups in total. The third-order valence-corrected chi connectivity index (χ3v) is 6.10. The Bertz CT molecular complexity index is 1210. The van der Waals surface area contributed by atoms with E-state index in [-0.39, 0.29) is 10.7 Å². The van der Waals surface area contributed by atoms with Crippen LogP contribution >= 0.6 is 35.6 Å². The number of anilines is 1. The van der Waals surface area contributed by atoms with Gasteiger partial charge >= 0.3 is 0 Å². The van der Waals surface area contributed by atoms with Gasteiger partial charge in [-0.05, 0) is 67.7 Å². The summed E-state index contributed by atoms with van der Waals surface area (Å²) in [5.41, 5.74) is 2.32. The molecule has 0 radical (unpaired) electrons. The summed E-state index contributed by atoms with van der Waals surface area (Å²) >= 11 is 12.6. The number of nitrogens with zero attached hydrogens (tertiary/aromatic N) is 2. The zero-order valence-electron chi connectivity index (χ0n) is 16.3. The molecule has 4 rings (SSSR count). The minimum atomic E-state index is -0.546. The number of aryl methyl sites for hydroxylation is 1. The Kier molecular flexibility index (Phi) is 6.18. The van der Waals surface area contributed by atoms with E-state index >= 15 is 0 Å². The van der Waals surface area contributed by atoms with Gasteiger partial charge in [0.05, 0.1) is 5.69 Å². The fraction of sp³-hybridized carbons (Fsp3) is 0.0435. The zero-order valence-corrected chi connectivity index (χ0v) is 18.7. The molecule has 1 aliphatic heterocycles. The Hall–Kier alpha value is -3.00. The van der Waals surface area contributed by atoms with Crippen molar-refractivity contribution < 1.29 is 9.59 Å². The van der Waals surface area contributed by atoms with E-state index in [1.165, 1.54) is 16.7 Å². The van der Waals surface area contributed by atoms with E-state index in [0.29, 0.717) is 21.3 Å². The van der Waals surface area contributed by atoms with Crippen LogP contribution in [0.2, 0.25) is 5.02 Å². The first kappa shape index (κ1) is 21.2. The molecule has 0 bridgehead atoms. The third-order valence-electron chi connectivity index (χ3n) is 4.52. The minimum absolute atomic E-state index is 0.0231. The van der Waals surface area contributed by atoms with Crippen molar-refractivity contribution >= 4 is 64.3 Å². The lowest BCUT2D eigenvalue weighted by Crippen LogP contribution is -2.54. The predicted octanol–water partition coefficient (Wildman–Crippen LogP) is 5.03. The van der Waals surface area contributed by atoms with E-state index in [9.17, 15) is 9.59 Å². The van der Waals surface area contributed by atoms with Crippen LogP contribution in [0.25, 0.3) is 6.08 Å². The summed E-state index contributed by atoms with van der Waals surface area (Å²) in [5, 5.41) is 3.83. The summed E-state index contributed by atoms with van der Waals surface area (Å²) in [5.74, 6) is -1.05. The van der Waals surface area contributed by atoms with Gasteiger partial charge in [-0.2, -0.15) is 0 Å². The number of thiocarbonyl (C=S) groups is 1. The molecule has 2 amide bonds. The Balaban J connectivity index is 1.69. The summed E-state index contributed by atoms with van der Waals surface area (Å²) in [6, 6.07) is 18.3. The maximum Gasteiger partial charge on any atom is 0.270 e. The van der Waals surface area contributed by atoms with Gasteiger partial charge in [-0.25, -0.2) is 4.98 Å². The van der Waals surface area contributed by atoms with Crippen LogP contribution in [-0.2, 0) is 9.59 Å². The van der Waals surface area contributed by atoms with Crippen molar-refractivity contribution in [1.29, 1.82) is 0 Å². The number of hydrogen-bond acceptors (Lipinski definition) is 5. The molecule has 1 fully saturated rings. The third kappa shape index (κ3) is 4.69. The summed E-state index contributed by atoms with van der Waals surface area (Å²) < 4.78 is 0. The smallest absolute Gasteiger partial charge is 0.270 e. The van der Waals surface area contributed by atoms with Crippen molar-refractivity contribution in [1.82, 2.24) is 10.3 Å². The molecule has 3 aromatic rings. The fourth-order valence-corrected chi connectivity index (χ4v) is 4.21. The number of carbonyl (C=O) groups is 2. The number of benzene rings is 2. The van der Waals surface area contributed by atoms with E-state index in [4.69, 9.17) is 23.8 Å². The molecule has 0 aliphatic carbocycles. The molecule has 0 spiro atoms. The fourth-order valence-electron chi connectivity index (χ4n) is 2.95. The van der Waals surface area contributed by atoms with Gasteiger partial charge in [-0.15, -0.1) is 0 Å². The molecule has 1 aromatic heterocycles. The largest absolute Gasteiger partial charge is 0.298 e. The van der Waals surface area contributed by atoms with Crippen LogP contribution in [0, 0.1) is 6.92 Å². The summed E-state index contributed by atoms with van der Waals surface area (Å²) in [6.45, 7) is 2.02. The van der Waals surface area contributed by atoms with Crippen LogP contribution in [0.5, 0.6) is 0 Å². The number of nitrogens with one attached hydrogen (secondary N) is 1. The highest BCUT2D eigenvalue weighted by molar-refractivity contribution is 7.99. The molecule has 2 heterocycles. The van der Waals surface area contributed by atoms with Gasteiger partial charge in [0.2, 0.25) is 0 Å². The normalized spacial score (nSPS) is 15.4. The molecule has 31 heavy (non-hydrogen) atoms. The number of halogens is 1. The number of rotatable bonds is 4. The van der Waals surface area contributed by atoms with Crippen LogP contribution in [0.15, 0.2) is 82.4 Å². The lowest BCUT2D eigenvalue weighted by atomic mass is 10.1. The average molecular weight is 466 g/mol. The van der Waals surface area contributed by atoms with Crippen LogP contribution < -0.4 is 10.2 Å². The molecule has 0 unspecified atom stereocenters. The van der Waals surface area contributed by atoms with Crippen LogP contribution in [0.3, 0.4) is 0 Å². The first-order valence-corrected chi connectivity index (χ1v) is 10.9. The molecule has 8 heteroatoms. The molecule has 154 valence electrons. The predicted molar refractivity (Wildman–Crippen MR) is 127 cm³/mol. The standard InChI is InChI=1S/C23H16ClN3O2S2/c1-14-4-10-18(11-5-14)31-21-15(3-2-12-25-21)13-19-20(28)26-23(30)27(22(19)29)17-8-6-16(24)7-9-17/h2-13H,1H3,(H,26,28,30). The lowest BCUT2D eigenvalue weighted by Gasteiger charge is -2.29. The van der Waals surface area contributed by atoms with Gasteiger partial charge < -0.3 is 0 Å². The first-order chi connectivity index (χ1) is 14.9. The van der Waals surface area contributed by atoms with Gasteiger partial charge in [-0.3, -0.25) is 19.8 Å². The maximum absolute atomic E-state index is 13.2. The molecule has 5 nitrogen and oxygen atoms in total. The van der Waals surface area contributed by atoms with E-state index in [1.54, 1.807) is 42.6 Å². The van der Waals surface area contributed by atoms with E-state index in [2.05, 4.69) is 10.3 Å². The quantitative estimate of drug-likeness (QED) is 0.333. The minimum Gasteiger partial charge on any atom is -0.298 e. The van der Waals surface area contributed by atoms with Gasteiger partial charge in [0.25, 0.3) is 11.8 Å². The number of aromatic nitrogens is 1. The molecule has 0 saturated carbocycles. The van der Waals surface area contributed by atoms with Crippen molar-refractivity contribution in [2.75, 3.05) is 4.90 Å². The first-order valence-electron chi connectivity index (χ1n) is 9.29. The summed E-state index contributed by atoms with van der Waals surface area (Å²) in [4.78, 5) is 32.5. The van der Waals surface area contributed by atoms with E-state index in [0.717, 1.165) is 10.5 Å². The summed E-state index contributed by atoms with van der Waals surface area (Å²) in [7, 11) is 0. The van der Waals surface area contributed by atoms with Crippen LogP contribution in [-0.4, -0.2) is 21.9 Å². The molecule has 1 aliphatic rings. The van der Waals surface area contributed by atoms with Crippen LogP contribution in [0.4, 0.5) is 5.69 Å². The monoisotopic (exact) mass is 465 g/mol. The number of pyridine rings is 1. The SMILES string of the molecule is Cc1ccc(Sc2ncccc2C=C2C(=O)NC(=S)N(c3ccc(Cl)cc3)C2=O)cc1. The number of carbonyl (C=O) groups excluding carboxylic acids is 2. The Morgan fingerprint density at radius 1 is 1.06 bits per heavy atom. The molecule has 0 atom stereocenters. The highest BCUT2D eigenvalue weighted by Gasteiger charge is 2.34. The van der Waals surface area contributed by atoms with Gasteiger partial charge in [0, 0.05) is 21.7 Å². The highest BCUT2D eigenvalue weighted by atomic mass is 35.5. The molecular formula is C23H16ClN3O2S2. The van der Waals surface area contributed by atoms with Crippen molar-refractivity contribution in [3.8, 4) is 0 Å². The zero-order chi connectivity index (χ0) is 22.0. The van der Waals surface area contributed by atoms with Crippen molar-refractivity contribution in [3.63, 3.8) is 0 Å². The Labute approximate surface area is 194 Å². The molecular weight excluding hydrogens is 450 g/mol. The average Bonchev–Trinajstić information content (AvgIpc) is 2.75. The van der Waals surface area contributed by atoms with Gasteiger partial charge in [0.1, 0.15) is 10.6 Å². The van der Waals surface area contributed by atoms with E-state index in [1.807, 2.05) is 37.3 Å². The lowest BCUT2D eigenvalue weighted by molar-refractivity contribution is -0.122. The van der Waals surface area contributed by atoms with Gasteiger partial charge in [-0.1, -0.05) is 47.1 Å². The van der Waals surface area contributed by atoms with Crippen molar-refractivity contribution in [3.05, 3.63) is 88.6 Å².